The standard InChI is InChI=1S/C16H29N3O/c1-13(2)19-12-14(11-18-19)20-16(7-6-8-16)9-10-17-15(3,4)5/h11-13,17H,6-10H2,1-5H3. The molecule has 0 atom stereocenters. The van der Waals surface area contributed by atoms with Crippen molar-refractivity contribution < 1.29 is 4.74 Å². The number of rotatable bonds is 6. The number of ether oxygens (including phenoxy) is 1. The maximum atomic E-state index is 6.26. The van der Waals surface area contributed by atoms with E-state index in [1.807, 2.05) is 17.1 Å². The zero-order valence-corrected chi connectivity index (χ0v) is 13.6. The largest absolute Gasteiger partial charge is 0.484 e. The van der Waals surface area contributed by atoms with Crippen LogP contribution in [0.5, 0.6) is 5.75 Å². The van der Waals surface area contributed by atoms with Gasteiger partial charge in [-0.2, -0.15) is 5.10 Å². The third-order valence-corrected chi connectivity index (χ3v) is 3.94. The van der Waals surface area contributed by atoms with E-state index in [-0.39, 0.29) is 11.1 Å². The van der Waals surface area contributed by atoms with Crippen LogP contribution in [-0.2, 0) is 0 Å². The first kappa shape index (κ1) is 15.4. The molecule has 0 radical (unpaired) electrons. The second-order valence-corrected chi connectivity index (χ2v) is 7.32. The zero-order chi connectivity index (χ0) is 14.8. The normalized spacial score (nSPS) is 18.1. The van der Waals surface area contributed by atoms with Crippen molar-refractivity contribution in [2.24, 2.45) is 0 Å². The van der Waals surface area contributed by atoms with Gasteiger partial charge in [-0.05, 0) is 66.8 Å². The molecule has 0 bridgehead atoms. The maximum absolute atomic E-state index is 6.26. The van der Waals surface area contributed by atoms with E-state index in [1.165, 1.54) is 6.42 Å². The molecule has 0 aromatic carbocycles. The van der Waals surface area contributed by atoms with Crippen LogP contribution in [0.15, 0.2) is 12.4 Å². The van der Waals surface area contributed by atoms with E-state index >= 15 is 0 Å². The van der Waals surface area contributed by atoms with Crippen LogP contribution in [0.3, 0.4) is 0 Å². The summed E-state index contributed by atoms with van der Waals surface area (Å²) < 4.78 is 8.21. The van der Waals surface area contributed by atoms with Crippen LogP contribution < -0.4 is 10.1 Å². The Labute approximate surface area is 122 Å². The summed E-state index contributed by atoms with van der Waals surface area (Å²) in [6.45, 7) is 11.9. The van der Waals surface area contributed by atoms with Crippen molar-refractivity contribution in [3.05, 3.63) is 12.4 Å². The first-order valence-corrected chi connectivity index (χ1v) is 7.78. The van der Waals surface area contributed by atoms with E-state index in [1.54, 1.807) is 0 Å². The predicted molar refractivity (Wildman–Crippen MR) is 82.2 cm³/mol. The first-order valence-electron chi connectivity index (χ1n) is 7.78. The summed E-state index contributed by atoms with van der Waals surface area (Å²) in [5.74, 6) is 0.911. The van der Waals surface area contributed by atoms with Crippen molar-refractivity contribution >= 4 is 0 Å². The molecule has 1 aliphatic carbocycles. The Morgan fingerprint density at radius 2 is 2.10 bits per heavy atom. The van der Waals surface area contributed by atoms with Gasteiger partial charge in [-0.3, -0.25) is 4.68 Å². The second kappa shape index (κ2) is 5.76. The highest BCUT2D eigenvalue weighted by Gasteiger charge is 2.39. The highest BCUT2D eigenvalue weighted by atomic mass is 16.5. The summed E-state index contributed by atoms with van der Waals surface area (Å²) in [5.41, 5.74) is 0.205. The van der Waals surface area contributed by atoms with Gasteiger partial charge in [-0.25, -0.2) is 0 Å². The minimum Gasteiger partial charge on any atom is -0.484 e. The molecule has 0 unspecified atom stereocenters. The fraction of sp³-hybridized carbons (Fsp3) is 0.812. The monoisotopic (exact) mass is 279 g/mol. The Balaban J connectivity index is 1.90. The average Bonchev–Trinajstić information content (AvgIpc) is 2.72. The van der Waals surface area contributed by atoms with E-state index in [2.05, 4.69) is 45.0 Å². The lowest BCUT2D eigenvalue weighted by atomic mass is 9.77. The molecule has 1 aliphatic rings. The van der Waals surface area contributed by atoms with Crippen LogP contribution in [0.2, 0.25) is 0 Å². The Bertz CT molecular complexity index is 427. The van der Waals surface area contributed by atoms with Crippen LogP contribution in [0.4, 0.5) is 0 Å². The van der Waals surface area contributed by atoms with Crippen molar-refractivity contribution in [2.45, 2.75) is 77.5 Å². The SMILES string of the molecule is CC(C)n1cc(OC2(CCNC(C)(C)C)CCC2)cn1. The molecule has 2 rings (SSSR count). The van der Waals surface area contributed by atoms with Gasteiger partial charge in [0.2, 0.25) is 0 Å². The summed E-state index contributed by atoms with van der Waals surface area (Å²) >= 11 is 0. The van der Waals surface area contributed by atoms with Crippen LogP contribution in [0, 0.1) is 0 Å². The fourth-order valence-corrected chi connectivity index (χ4v) is 2.55. The maximum Gasteiger partial charge on any atom is 0.158 e. The van der Waals surface area contributed by atoms with Crippen molar-refractivity contribution in [3.8, 4) is 5.75 Å². The van der Waals surface area contributed by atoms with Crippen molar-refractivity contribution in [1.82, 2.24) is 15.1 Å². The van der Waals surface area contributed by atoms with Crippen molar-refractivity contribution in [2.75, 3.05) is 6.54 Å². The quantitative estimate of drug-likeness (QED) is 0.865. The third kappa shape index (κ3) is 3.98. The Morgan fingerprint density at radius 1 is 1.40 bits per heavy atom. The smallest absolute Gasteiger partial charge is 0.158 e. The number of nitrogens with one attached hydrogen (secondary N) is 1. The zero-order valence-electron chi connectivity index (χ0n) is 13.6. The molecule has 1 saturated carbocycles. The average molecular weight is 279 g/mol. The second-order valence-electron chi connectivity index (χ2n) is 7.32. The van der Waals surface area contributed by atoms with Gasteiger partial charge in [0, 0.05) is 11.6 Å². The molecule has 0 spiro atoms. The fourth-order valence-electron chi connectivity index (χ4n) is 2.55. The summed E-state index contributed by atoms with van der Waals surface area (Å²) in [5, 5.41) is 7.91. The van der Waals surface area contributed by atoms with Gasteiger partial charge in [-0.1, -0.05) is 0 Å². The van der Waals surface area contributed by atoms with Gasteiger partial charge in [0.15, 0.2) is 5.75 Å². The van der Waals surface area contributed by atoms with Crippen LogP contribution in [0.25, 0.3) is 0 Å². The predicted octanol–water partition coefficient (Wildman–Crippen LogP) is 3.54. The molecular weight excluding hydrogens is 250 g/mol. The highest BCUT2D eigenvalue weighted by Crippen LogP contribution is 2.39. The molecule has 20 heavy (non-hydrogen) atoms. The summed E-state index contributed by atoms with van der Waals surface area (Å²) in [7, 11) is 0. The minimum absolute atomic E-state index is 0.0308. The third-order valence-electron chi connectivity index (χ3n) is 3.94. The van der Waals surface area contributed by atoms with E-state index in [0.29, 0.717) is 6.04 Å². The van der Waals surface area contributed by atoms with Gasteiger partial charge in [-0.15, -0.1) is 0 Å². The lowest BCUT2D eigenvalue weighted by molar-refractivity contribution is -0.0153. The van der Waals surface area contributed by atoms with Crippen LogP contribution in [-0.4, -0.2) is 27.5 Å². The molecular formula is C16H29N3O. The Kier molecular flexibility index (Phi) is 4.43. The highest BCUT2D eigenvalue weighted by molar-refractivity contribution is 5.15. The van der Waals surface area contributed by atoms with Crippen LogP contribution >= 0.6 is 0 Å². The summed E-state index contributed by atoms with van der Waals surface area (Å²) in [6.07, 6.45) is 8.52. The lowest BCUT2D eigenvalue weighted by Gasteiger charge is -2.42. The number of aromatic nitrogens is 2. The Hall–Kier alpha value is -1.03. The van der Waals surface area contributed by atoms with Crippen LogP contribution in [0.1, 0.15) is 66.3 Å². The molecule has 0 amide bonds. The molecule has 1 aromatic heterocycles. The van der Waals surface area contributed by atoms with Gasteiger partial charge in [0.25, 0.3) is 0 Å². The van der Waals surface area contributed by atoms with Gasteiger partial charge >= 0.3 is 0 Å². The number of nitrogens with zero attached hydrogens (tertiary/aromatic N) is 2. The topological polar surface area (TPSA) is 39.1 Å². The van der Waals surface area contributed by atoms with Crippen molar-refractivity contribution in [1.29, 1.82) is 0 Å². The molecule has 4 nitrogen and oxygen atoms in total. The molecule has 1 fully saturated rings. The molecule has 0 aliphatic heterocycles. The Morgan fingerprint density at radius 3 is 2.55 bits per heavy atom. The van der Waals surface area contributed by atoms with Gasteiger partial charge < -0.3 is 10.1 Å². The van der Waals surface area contributed by atoms with E-state index in [9.17, 15) is 0 Å². The van der Waals surface area contributed by atoms with Crippen molar-refractivity contribution in [3.63, 3.8) is 0 Å². The molecule has 1 heterocycles. The number of hydrogen-bond acceptors (Lipinski definition) is 3. The summed E-state index contributed by atoms with van der Waals surface area (Å²) in [6, 6.07) is 0.382. The van der Waals surface area contributed by atoms with E-state index in [0.717, 1.165) is 31.6 Å². The molecule has 4 heteroatoms. The minimum atomic E-state index is 0.0308. The molecule has 1 aromatic rings. The van der Waals surface area contributed by atoms with Gasteiger partial charge in [0.1, 0.15) is 5.60 Å². The van der Waals surface area contributed by atoms with E-state index in [4.69, 9.17) is 4.74 Å². The summed E-state index contributed by atoms with van der Waals surface area (Å²) in [4.78, 5) is 0. The molecule has 0 saturated heterocycles. The lowest BCUT2D eigenvalue weighted by Crippen LogP contribution is -2.47. The first-order chi connectivity index (χ1) is 9.30. The molecule has 114 valence electrons. The number of hydrogen-bond donors (Lipinski definition) is 1. The molecule has 1 N–H and O–H groups in total. The van der Waals surface area contributed by atoms with Gasteiger partial charge in [0.05, 0.1) is 12.4 Å². The van der Waals surface area contributed by atoms with E-state index < -0.39 is 0 Å².